The fraction of sp³-hybridized carbons (Fsp3) is 0.400. The number of nitrogens with one attached hydrogen (secondary N) is 1. The summed E-state index contributed by atoms with van der Waals surface area (Å²) >= 11 is 0. The highest BCUT2D eigenvalue weighted by Crippen LogP contribution is 2.15. The van der Waals surface area contributed by atoms with Gasteiger partial charge in [-0.3, -0.25) is 4.79 Å². The number of carbonyl (C=O) groups is 2. The van der Waals surface area contributed by atoms with Gasteiger partial charge in [-0.25, -0.2) is 9.78 Å². The summed E-state index contributed by atoms with van der Waals surface area (Å²) in [6, 6.07) is 2.32. The molecule has 0 aliphatic heterocycles. The minimum absolute atomic E-state index is 0.0714. The number of hydrogen-bond acceptors (Lipinski definition) is 4. The third-order valence-corrected chi connectivity index (χ3v) is 2.79. The van der Waals surface area contributed by atoms with Crippen LogP contribution in [0, 0.1) is 0 Å². The van der Waals surface area contributed by atoms with Gasteiger partial charge in [-0.1, -0.05) is 32.4 Å². The Hall–Kier alpha value is -2.37. The van der Waals surface area contributed by atoms with Gasteiger partial charge in [0.1, 0.15) is 12.6 Å². The predicted octanol–water partition coefficient (Wildman–Crippen LogP) is 2.02. The molecule has 2 N–H and O–H groups in total. The second-order valence-electron chi connectivity index (χ2n) is 4.46. The van der Waals surface area contributed by atoms with E-state index in [2.05, 4.69) is 16.9 Å². The molecule has 0 radical (unpaired) electrons. The fourth-order valence-corrected chi connectivity index (χ4v) is 1.72. The molecule has 114 valence electrons. The maximum atomic E-state index is 12.2. The van der Waals surface area contributed by atoms with Crippen molar-refractivity contribution in [2.45, 2.75) is 32.2 Å². The van der Waals surface area contributed by atoms with Crippen LogP contribution in [0.1, 0.15) is 36.7 Å². The molecule has 0 fully saturated rings. The lowest BCUT2D eigenvalue weighted by Gasteiger charge is -2.15. The smallest absolute Gasteiger partial charge is 0.326 e. The van der Waals surface area contributed by atoms with E-state index in [4.69, 9.17) is 9.84 Å². The lowest BCUT2D eigenvalue weighted by molar-refractivity contribution is -0.139. The molecular formula is C15H20N2O4. The van der Waals surface area contributed by atoms with Crippen LogP contribution in [0.25, 0.3) is 0 Å². The molecule has 0 unspecified atom stereocenters. The number of rotatable bonds is 9. The van der Waals surface area contributed by atoms with Crippen LogP contribution in [0.2, 0.25) is 0 Å². The van der Waals surface area contributed by atoms with Crippen molar-refractivity contribution in [3.05, 3.63) is 36.7 Å². The highest BCUT2D eigenvalue weighted by Gasteiger charge is 2.22. The Labute approximate surface area is 123 Å². The first-order valence-electron chi connectivity index (χ1n) is 6.82. The molecule has 0 saturated carbocycles. The summed E-state index contributed by atoms with van der Waals surface area (Å²) < 4.78 is 5.34. The number of nitrogens with zero attached hydrogens (tertiary/aromatic N) is 1. The summed E-state index contributed by atoms with van der Waals surface area (Å²) in [4.78, 5) is 27.3. The van der Waals surface area contributed by atoms with Gasteiger partial charge in [0.15, 0.2) is 11.4 Å². The van der Waals surface area contributed by atoms with Gasteiger partial charge in [0.05, 0.1) is 0 Å². The number of aliphatic carboxylic acids is 1. The summed E-state index contributed by atoms with van der Waals surface area (Å²) in [6.45, 7) is 5.73. The fourth-order valence-electron chi connectivity index (χ4n) is 1.72. The maximum Gasteiger partial charge on any atom is 0.326 e. The van der Waals surface area contributed by atoms with Crippen molar-refractivity contribution in [3.63, 3.8) is 0 Å². The molecule has 1 heterocycles. The summed E-state index contributed by atoms with van der Waals surface area (Å²) in [5, 5.41) is 11.6. The zero-order chi connectivity index (χ0) is 15.7. The van der Waals surface area contributed by atoms with Crippen LogP contribution < -0.4 is 10.1 Å². The van der Waals surface area contributed by atoms with Crippen molar-refractivity contribution < 1.29 is 19.4 Å². The third kappa shape index (κ3) is 5.25. The molecule has 0 aliphatic carbocycles. The van der Waals surface area contributed by atoms with Gasteiger partial charge in [0, 0.05) is 6.20 Å². The molecule has 0 bridgehead atoms. The van der Waals surface area contributed by atoms with Crippen molar-refractivity contribution in [3.8, 4) is 5.75 Å². The molecule has 6 heteroatoms. The molecule has 1 rings (SSSR count). The molecule has 1 aromatic rings. The van der Waals surface area contributed by atoms with Crippen LogP contribution in [0.5, 0.6) is 5.75 Å². The number of carbonyl (C=O) groups excluding carboxylic acids is 1. The Morgan fingerprint density at radius 3 is 2.95 bits per heavy atom. The SMILES string of the molecule is C=CCOc1cccnc1C(=O)N[C@@H](CCCC)C(=O)O. The molecule has 0 aliphatic rings. The van der Waals surface area contributed by atoms with Gasteiger partial charge >= 0.3 is 5.97 Å². The van der Waals surface area contributed by atoms with Gasteiger partial charge in [-0.05, 0) is 18.6 Å². The molecule has 6 nitrogen and oxygen atoms in total. The van der Waals surface area contributed by atoms with E-state index >= 15 is 0 Å². The van der Waals surface area contributed by atoms with Gasteiger partial charge in [0.2, 0.25) is 0 Å². The van der Waals surface area contributed by atoms with Crippen molar-refractivity contribution in [2.75, 3.05) is 6.61 Å². The van der Waals surface area contributed by atoms with Gasteiger partial charge in [-0.2, -0.15) is 0 Å². The average Bonchev–Trinajstić information content (AvgIpc) is 2.49. The number of ether oxygens (including phenoxy) is 1. The van der Waals surface area contributed by atoms with E-state index in [1.54, 1.807) is 18.2 Å². The van der Waals surface area contributed by atoms with Crippen LogP contribution in [0.15, 0.2) is 31.0 Å². The Balaban J connectivity index is 2.81. The van der Waals surface area contributed by atoms with Crippen LogP contribution >= 0.6 is 0 Å². The van der Waals surface area contributed by atoms with Crippen LogP contribution in [0.4, 0.5) is 0 Å². The van der Waals surface area contributed by atoms with Crippen molar-refractivity contribution >= 4 is 11.9 Å². The summed E-state index contributed by atoms with van der Waals surface area (Å²) in [5.41, 5.74) is 0.0714. The lowest BCUT2D eigenvalue weighted by Crippen LogP contribution is -2.41. The molecule has 1 amide bonds. The second-order valence-corrected chi connectivity index (χ2v) is 4.46. The third-order valence-electron chi connectivity index (χ3n) is 2.79. The number of carboxylic acids is 1. The van der Waals surface area contributed by atoms with E-state index in [0.29, 0.717) is 12.2 Å². The predicted molar refractivity (Wildman–Crippen MR) is 78.3 cm³/mol. The highest BCUT2D eigenvalue weighted by molar-refractivity contribution is 5.97. The van der Waals surface area contributed by atoms with E-state index in [0.717, 1.165) is 12.8 Å². The van der Waals surface area contributed by atoms with Crippen molar-refractivity contribution in [1.29, 1.82) is 0 Å². The zero-order valence-electron chi connectivity index (χ0n) is 12.0. The van der Waals surface area contributed by atoms with Crippen LogP contribution in [0.3, 0.4) is 0 Å². The van der Waals surface area contributed by atoms with Gasteiger partial charge in [-0.15, -0.1) is 0 Å². The minimum atomic E-state index is -1.05. The monoisotopic (exact) mass is 292 g/mol. The maximum absolute atomic E-state index is 12.2. The number of unbranched alkanes of at least 4 members (excludes halogenated alkanes) is 1. The van der Waals surface area contributed by atoms with Crippen molar-refractivity contribution in [2.24, 2.45) is 0 Å². The van der Waals surface area contributed by atoms with E-state index in [-0.39, 0.29) is 12.3 Å². The number of pyridine rings is 1. The Morgan fingerprint density at radius 1 is 1.57 bits per heavy atom. The summed E-state index contributed by atoms with van der Waals surface area (Å²) in [7, 11) is 0. The standard InChI is InChI=1S/C15H20N2O4/c1-3-5-7-11(15(19)20)17-14(18)13-12(21-10-4-2)8-6-9-16-13/h4,6,8-9,11H,2-3,5,7,10H2,1H3,(H,17,18)(H,19,20)/t11-/m0/s1. The first kappa shape index (κ1) is 16.7. The molecule has 21 heavy (non-hydrogen) atoms. The number of aromatic nitrogens is 1. The summed E-state index contributed by atoms with van der Waals surface area (Å²) in [6.07, 6.45) is 4.97. The average molecular weight is 292 g/mol. The Kier molecular flexibility index (Phi) is 6.94. The Morgan fingerprint density at radius 2 is 2.33 bits per heavy atom. The van der Waals surface area contributed by atoms with Gasteiger partial charge in [0.25, 0.3) is 5.91 Å². The van der Waals surface area contributed by atoms with E-state index in [1.807, 2.05) is 6.92 Å². The van der Waals surface area contributed by atoms with E-state index in [9.17, 15) is 9.59 Å². The van der Waals surface area contributed by atoms with Crippen molar-refractivity contribution in [1.82, 2.24) is 10.3 Å². The first-order valence-corrected chi connectivity index (χ1v) is 6.82. The minimum Gasteiger partial charge on any atom is -0.487 e. The number of carboxylic acid groups (broad SMARTS) is 1. The quantitative estimate of drug-likeness (QED) is 0.680. The largest absolute Gasteiger partial charge is 0.487 e. The molecular weight excluding hydrogens is 272 g/mol. The molecule has 0 aromatic carbocycles. The first-order chi connectivity index (χ1) is 10.1. The van der Waals surface area contributed by atoms with Gasteiger partial charge < -0.3 is 15.2 Å². The second kappa shape index (κ2) is 8.73. The lowest BCUT2D eigenvalue weighted by atomic mass is 10.1. The summed E-state index contributed by atoms with van der Waals surface area (Å²) in [5.74, 6) is -1.31. The molecule has 0 spiro atoms. The Bertz CT molecular complexity index is 502. The molecule has 1 atom stereocenters. The normalized spacial score (nSPS) is 11.5. The van der Waals surface area contributed by atoms with Crippen LogP contribution in [-0.2, 0) is 4.79 Å². The molecule has 0 saturated heterocycles. The highest BCUT2D eigenvalue weighted by atomic mass is 16.5. The topological polar surface area (TPSA) is 88.5 Å². The number of hydrogen-bond donors (Lipinski definition) is 2. The number of amides is 1. The van der Waals surface area contributed by atoms with E-state index < -0.39 is 17.9 Å². The van der Waals surface area contributed by atoms with E-state index in [1.165, 1.54) is 6.20 Å². The van der Waals surface area contributed by atoms with Crippen LogP contribution in [-0.4, -0.2) is 34.6 Å². The molecule has 1 aromatic heterocycles. The zero-order valence-corrected chi connectivity index (χ0v) is 12.0.